The van der Waals surface area contributed by atoms with Crippen molar-refractivity contribution in [3.05, 3.63) is 53.5 Å². The summed E-state index contributed by atoms with van der Waals surface area (Å²) in [6.07, 6.45) is 1.67. The Morgan fingerprint density at radius 1 is 1.29 bits per heavy atom. The molecule has 4 nitrogen and oxygen atoms in total. The summed E-state index contributed by atoms with van der Waals surface area (Å²) in [5.74, 6) is 1.77. The summed E-state index contributed by atoms with van der Waals surface area (Å²) in [5.41, 5.74) is 2.12. The molecule has 2 heterocycles. The number of fused-ring (bicyclic) bond motifs is 1. The summed E-state index contributed by atoms with van der Waals surface area (Å²) in [5, 5.41) is 6.37. The van der Waals surface area contributed by atoms with E-state index in [0.717, 1.165) is 30.0 Å². The maximum atomic E-state index is 12.3. The van der Waals surface area contributed by atoms with Gasteiger partial charge in [-0.05, 0) is 50.5 Å². The van der Waals surface area contributed by atoms with Crippen molar-refractivity contribution in [2.45, 2.75) is 38.8 Å². The molecule has 0 radical (unpaired) electrons. The average Bonchev–Trinajstić information content (AvgIpc) is 2.84. The molecule has 2 unspecified atom stereocenters. The Kier molecular flexibility index (Phi) is 3.80. The van der Waals surface area contributed by atoms with Gasteiger partial charge in [0.15, 0.2) is 0 Å². The minimum absolute atomic E-state index is 0.00987. The molecule has 1 aromatic heterocycles. The Labute approximate surface area is 124 Å². The van der Waals surface area contributed by atoms with Crippen LogP contribution in [0.3, 0.4) is 0 Å². The lowest BCUT2D eigenvalue weighted by atomic mass is 10.1. The summed E-state index contributed by atoms with van der Waals surface area (Å²) in [4.78, 5) is 12.3. The maximum absolute atomic E-state index is 12.3. The number of benzene rings is 1. The highest BCUT2D eigenvalue weighted by Gasteiger charge is 2.25. The summed E-state index contributed by atoms with van der Waals surface area (Å²) in [6, 6.07) is 11.7. The normalized spacial score (nSPS) is 19.5. The molecule has 0 fully saturated rings. The van der Waals surface area contributed by atoms with Crippen molar-refractivity contribution in [1.82, 2.24) is 5.32 Å². The van der Waals surface area contributed by atoms with E-state index in [0.29, 0.717) is 0 Å². The topological polar surface area (TPSA) is 54.3 Å². The second kappa shape index (κ2) is 5.74. The molecule has 0 bridgehead atoms. The second-order valence-electron chi connectivity index (χ2n) is 5.57. The van der Waals surface area contributed by atoms with Gasteiger partial charge in [-0.25, -0.2) is 0 Å². The molecule has 2 aromatic rings. The van der Waals surface area contributed by atoms with Gasteiger partial charge in [-0.15, -0.1) is 0 Å². The highest BCUT2D eigenvalue weighted by Crippen LogP contribution is 2.23. The molecule has 2 atom stereocenters. The first kappa shape index (κ1) is 13.9. The van der Waals surface area contributed by atoms with Crippen molar-refractivity contribution in [3.63, 3.8) is 0 Å². The third-order valence-corrected chi connectivity index (χ3v) is 3.93. The molecule has 0 spiro atoms. The van der Waals surface area contributed by atoms with Gasteiger partial charge >= 0.3 is 0 Å². The fourth-order valence-electron chi connectivity index (χ4n) is 2.74. The fourth-order valence-corrected chi connectivity index (χ4v) is 2.74. The van der Waals surface area contributed by atoms with E-state index < -0.39 is 0 Å². The van der Waals surface area contributed by atoms with Crippen LogP contribution in [0.15, 0.2) is 40.8 Å². The van der Waals surface area contributed by atoms with Crippen LogP contribution in [0.5, 0.6) is 0 Å². The summed E-state index contributed by atoms with van der Waals surface area (Å²) < 4.78 is 5.62. The van der Waals surface area contributed by atoms with Gasteiger partial charge in [0.05, 0.1) is 12.1 Å². The summed E-state index contributed by atoms with van der Waals surface area (Å²) in [6.45, 7) is 3.94. The number of furan rings is 1. The van der Waals surface area contributed by atoms with E-state index in [-0.39, 0.29) is 18.0 Å². The van der Waals surface area contributed by atoms with Gasteiger partial charge in [0.25, 0.3) is 0 Å². The number of aryl methyl sites for hydroxylation is 2. The number of hydrogen-bond donors (Lipinski definition) is 2. The van der Waals surface area contributed by atoms with Crippen molar-refractivity contribution in [2.75, 3.05) is 5.32 Å². The predicted molar refractivity (Wildman–Crippen MR) is 82.2 cm³/mol. The van der Waals surface area contributed by atoms with E-state index in [2.05, 4.69) is 16.7 Å². The highest BCUT2D eigenvalue weighted by atomic mass is 16.3. The van der Waals surface area contributed by atoms with E-state index in [1.807, 2.05) is 44.2 Å². The van der Waals surface area contributed by atoms with Crippen LogP contribution in [0, 0.1) is 6.92 Å². The van der Waals surface area contributed by atoms with Gasteiger partial charge in [-0.2, -0.15) is 0 Å². The van der Waals surface area contributed by atoms with Crippen LogP contribution >= 0.6 is 0 Å². The molecule has 1 aliphatic heterocycles. The monoisotopic (exact) mass is 284 g/mol. The largest absolute Gasteiger partial charge is 0.465 e. The molecular weight excluding hydrogens is 264 g/mol. The number of amides is 1. The zero-order valence-corrected chi connectivity index (χ0v) is 12.3. The van der Waals surface area contributed by atoms with Crippen molar-refractivity contribution in [3.8, 4) is 0 Å². The SMILES string of the molecule is Cc1ccc(C(C)NC2CCc3ccccc3NC2=O)o1. The molecule has 0 saturated heterocycles. The number of hydrogen-bond acceptors (Lipinski definition) is 3. The molecule has 110 valence electrons. The number of carbonyl (C=O) groups excluding carboxylic acids is 1. The lowest BCUT2D eigenvalue weighted by Crippen LogP contribution is -2.41. The number of nitrogens with one attached hydrogen (secondary N) is 2. The molecule has 1 amide bonds. The Morgan fingerprint density at radius 3 is 2.86 bits per heavy atom. The Bertz CT molecular complexity index is 648. The van der Waals surface area contributed by atoms with E-state index in [1.54, 1.807) is 0 Å². The molecule has 0 saturated carbocycles. The van der Waals surface area contributed by atoms with Crippen LogP contribution in [0.1, 0.15) is 36.5 Å². The zero-order chi connectivity index (χ0) is 14.8. The quantitative estimate of drug-likeness (QED) is 0.910. The van der Waals surface area contributed by atoms with Crippen LogP contribution < -0.4 is 10.6 Å². The van der Waals surface area contributed by atoms with Gasteiger partial charge in [0.1, 0.15) is 11.5 Å². The highest BCUT2D eigenvalue weighted by molar-refractivity contribution is 5.96. The summed E-state index contributed by atoms with van der Waals surface area (Å²) in [7, 11) is 0. The molecule has 3 rings (SSSR count). The van der Waals surface area contributed by atoms with E-state index in [1.165, 1.54) is 5.56 Å². The standard InChI is InChI=1S/C17H20N2O2/c1-11-7-10-16(21-11)12(2)18-15-9-8-13-5-3-4-6-14(13)19-17(15)20/h3-7,10,12,15,18H,8-9H2,1-2H3,(H,19,20). The minimum Gasteiger partial charge on any atom is -0.465 e. The fraction of sp³-hybridized carbons (Fsp3) is 0.353. The smallest absolute Gasteiger partial charge is 0.241 e. The minimum atomic E-state index is -0.210. The molecule has 1 aliphatic rings. The van der Waals surface area contributed by atoms with E-state index in [9.17, 15) is 4.79 Å². The van der Waals surface area contributed by atoms with Crippen molar-refractivity contribution in [1.29, 1.82) is 0 Å². The lowest BCUT2D eigenvalue weighted by Gasteiger charge is -2.19. The number of anilines is 1. The Balaban J connectivity index is 1.71. The third kappa shape index (κ3) is 3.00. The molecule has 1 aromatic carbocycles. The summed E-state index contributed by atoms with van der Waals surface area (Å²) >= 11 is 0. The second-order valence-corrected chi connectivity index (χ2v) is 5.57. The molecule has 0 aliphatic carbocycles. The van der Waals surface area contributed by atoms with Crippen LogP contribution in [-0.4, -0.2) is 11.9 Å². The first-order valence-corrected chi connectivity index (χ1v) is 7.34. The number of para-hydroxylation sites is 1. The average molecular weight is 284 g/mol. The molecule has 21 heavy (non-hydrogen) atoms. The zero-order valence-electron chi connectivity index (χ0n) is 12.3. The van der Waals surface area contributed by atoms with Crippen molar-refractivity contribution >= 4 is 11.6 Å². The van der Waals surface area contributed by atoms with Crippen molar-refractivity contribution < 1.29 is 9.21 Å². The molecular formula is C17H20N2O2. The van der Waals surface area contributed by atoms with Crippen LogP contribution in [0.25, 0.3) is 0 Å². The Morgan fingerprint density at radius 2 is 2.10 bits per heavy atom. The number of rotatable bonds is 3. The van der Waals surface area contributed by atoms with Crippen LogP contribution in [0.2, 0.25) is 0 Å². The third-order valence-electron chi connectivity index (χ3n) is 3.93. The van der Waals surface area contributed by atoms with Gasteiger partial charge in [-0.3, -0.25) is 10.1 Å². The van der Waals surface area contributed by atoms with Crippen LogP contribution in [-0.2, 0) is 11.2 Å². The van der Waals surface area contributed by atoms with Gasteiger partial charge < -0.3 is 9.73 Å². The van der Waals surface area contributed by atoms with Gasteiger partial charge in [0.2, 0.25) is 5.91 Å². The van der Waals surface area contributed by atoms with Crippen LogP contribution in [0.4, 0.5) is 5.69 Å². The molecule has 4 heteroatoms. The Hall–Kier alpha value is -2.07. The maximum Gasteiger partial charge on any atom is 0.241 e. The van der Waals surface area contributed by atoms with Gasteiger partial charge in [-0.1, -0.05) is 18.2 Å². The molecule has 2 N–H and O–H groups in total. The number of carbonyl (C=O) groups is 1. The van der Waals surface area contributed by atoms with Crippen molar-refractivity contribution in [2.24, 2.45) is 0 Å². The lowest BCUT2D eigenvalue weighted by molar-refractivity contribution is -0.118. The van der Waals surface area contributed by atoms with E-state index in [4.69, 9.17) is 4.42 Å². The predicted octanol–water partition coefficient (Wildman–Crippen LogP) is 3.19. The van der Waals surface area contributed by atoms with E-state index >= 15 is 0 Å². The van der Waals surface area contributed by atoms with Gasteiger partial charge in [0, 0.05) is 5.69 Å². The first-order valence-electron chi connectivity index (χ1n) is 7.34. The first-order chi connectivity index (χ1) is 10.1.